The molecule has 2 aromatic carbocycles. The quantitative estimate of drug-likeness (QED) is 0.547. The van der Waals surface area contributed by atoms with Crippen LogP contribution >= 0.6 is 0 Å². The van der Waals surface area contributed by atoms with Gasteiger partial charge in [0, 0.05) is 11.8 Å². The molecule has 146 valence electrons. The SMILES string of the molecule is COc1ccc(Cn2c(CNC(=O)c3ccc(F)cc3)nc3cccnc32)cc1. The summed E-state index contributed by atoms with van der Waals surface area (Å²) in [6.07, 6.45) is 1.72. The number of hydrogen-bond donors (Lipinski definition) is 1. The summed E-state index contributed by atoms with van der Waals surface area (Å²) in [7, 11) is 1.63. The molecule has 0 spiro atoms. The molecule has 0 aliphatic heterocycles. The highest BCUT2D eigenvalue weighted by Gasteiger charge is 2.14. The van der Waals surface area contributed by atoms with Crippen LogP contribution in [0.3, 0.4) is 0 Å². The minimum atomic E-state index is -0.381. The van der Waals surface area contributed by atoms with Gasteiger partial charge in [0.25, 0.3) is 5.91 Å². The highest BCUT2D eigenvalue weighted by Crippen LogP contribution is 2.18. The molecular formula is C22H19FN4O2. The largest absolute Gasteiger partial charge is 0.497 e. The van der Waals surface area contributed by atoms with Gasteiger partial charge in [-0.1, -0.05) is 12.1 Å². The third-order valence-electron chi connectivity index (χ3n) is 4.60. The Hall–Kier alpha value is -3.74. The Morgan fingerprint density at radius 2 is 1.86 bits per heavy atom. The topological polar surface area (TPSA) is 69.0 Å². The lowest BCUT2D eigenvalue weighted by molar-refractivity contribution is 0.0949. The molecule has 1 amide bonds. The molecule has 0 fully saturated rings. The Kier molecular flexibility index (Phi) is 5.20. The van der Waals surface area contributed by atoms with Crippen molar-refractivity contribution in [3.05, 3.63) is 89.6 Å². The molecule has 0 bridgehead atoms. The summed E-state index contributed by atoms with van der Waals surface area (Å²) in [5.41, 5.74) is 2.95. The first-order chi connectivity index (χ1) is 14.1. The Labute approximate surface area is 167 Å². The number of fused-ring (bicyclic) bond motifs is 1. The maximum atomic E-state index is 13.1. The zero-order chi connectivity index (χ0) is 20.2. The lowest BCUT2D eigenvalue weighted by Gasteiger charge is -2.10. The molecule has 0 unspecified atom stereocenters. The smallest absolute Gasteiger partial charge is 0.251 e. The minimum absolute atomic E-state index is 0.225. The fourth-order valence-corrected chi connectivity index (χ4v) is 3.08. The number of benzene rings is 2. The van der Waals surface area contributed by atoms with E-state index < -0.39 is 0 Å². The molecule has 4 aromatic rings. The molecule has 0 aliphatic rings. The normalized spacial score (nSPS) is 10.8. The highest BCUT2D eigenvalue weighted by molar-refractivity contribution is 5.94. The molecule has 4 rings (SSSR count). The number of methoxy groups -OCH3 is 1. The predicted octanol–water partition coefficient (Wildman–Crippen LogP) is 3.56. The molecule has 0 radical (unpaired) electrons. The van der Waals surface area contributed by atoms with Crippen LogP contribution in [0.15, 0.2) is 66.9 Å². The number of hydrogen-bond acceptors (Lipinski definition) is 4. The van der Waals surface area contributed by atoms with Crippen LogP contribution < -0.4 is 10.1 Å². The van der Waals surface area contributed by atoms with E-state index in [1.54, 1.807) is 13.3 Å². The number of carbonyl (C=O) groups excluding carboxylic acids is 1. The van der Waals surface area contributed by atoms with Gasteiger partial charge >= 0.3 is 0 Å². The fourth-order valence-electron chi connectivity index (χ4n) is 3.08. The van der Waals surface area contributed by atoms with E-state index in [-0.39, 0.29) is 18.3 Å². The average Bonchev–Trinajstić information content (AvgIpc) is 3.10. The van der Waals surface area contributed by atoms with Crippen LogP contribution in [0.25, 0.3) is 11.2 Å². The van der Waals surface area contributed by atoms with Crippen LogP contribution in [0.2, 0.25) is 0 Å². The van der Waals surface area contributed by atoms with Crippen molar-refractivity contribution in [2.24, 2.45) is 0 Å². The maximum Gasteiger partial charge on any atom is 0.251 e. The predicted molar refractivity (Wildman–Crippen MR) is 107 cm³/mol. The zero-order valence-corrected chi connectivity index (χ0v) is 15.8. The third-order valence-corrected chi connectivity index (χ3v) is 4.60. The van der Waals surface area contributed by atoms with Crippen molar-refractivity contribution in [2.75, 3.05) is 7.11 Å². The van der Waals surface area contributed by atoms with Gasteiger partial charge in [0.2, 0.25) is 0 Å². The van der Waals surface area contributed by atoms with Crippen molar-refractivity contribution < 1.29 is 13.9 Å². The van der Waals surface area contributed by atoms with Crippen LogP contribution in [0, 0.1) is 5.82 Å². The summed E-state index contributed by atoms with van der Waals surface area (Å²) >= 11 is 0. The second-order valence-electron chi connectivity index (χ2n) is 6.50. The van der Waals surface area contributed by atoms with E-state index in [4.69, 9.17) is 4.74 Å². The van der Waals surface area contributed by atoms with E-state index >= 15 is 0 Å². The van der Waals surface area contributed by atoms with Gasteiger partial charge < -0.3 is 14.6 Å². The van der Waals surface area contributed by atoms with Gasteiger partial charge in [0.15, 0.2) is 5.65 Å². The number of imidazole rings is 1. The molecule has 2 aromatic heterocycles. The number of amides is 1. The first-order valence-electron chi connectivity index (χ1n) is 9.11. The number of aromatic nitrogens is 3. The highest BCUT2D eigenvalue weighted by atomic mass is 19.1. The van der Waals surface area contributed by atoms with Crippen LogP contribution in [-0.2, 0) is 13.1 Å². The Bertz CT molecular complexity index is 1140. The zero-order valence-electron chi connectivity index (χ0n) is 15.8. The number of rotatable bonds is 6. The lowest BCUT2D eigenvalue weighted by Crippen LogP contribution is -2.25. The van der Waals surface area contributed by atoms with Crippen molar-refractivity contribution in [1.82, 2.24) is 19.9 Å². The van der Waals surface area contributed by atoms with Crippen LogP contribution in [-0.4, -0.2) is 27.6 Å². The maximum absolute atomic E-state index is 13.1. The average molecular weight is 390 g/mol. The van der Waals surface area contributed by atoms with E-state index in [1.807, 2.05) is 41.0 Å². The Morgan fingerprint density at radius 3 is 2.59 bits per heavy atom. The van der Waals surface area contributed by atoms with Gasteiger partial charge in [0.1, 0.15) is 22.9 Å². The number of carbonyl (C=O) groups is 1. The molecule has 0 saturated heterocycles. The molecule has 6 nitrogen and oxygen atoms in total. The molecule has 1 N–H and O–H groups in total. The van der Waals surface area contributed by atoms with Gasteiger partial charge in [-0.05, 0) is 54.1 Å². The van der Waals surface area contributed by atoms with E-state index in [1.165, 1.54) is 24.3 Å². The number of pyridine rings is 1. The number of halogens is 1. The van der Waals surface area contributed by atoms with Crippen LogP contribution in [0.4, 0.5) is 4.39 Å². The van der Waals surface area contributed by atoms with Gasteiger partial charge in [-0.3, -0.25) is 4.79 Å². The van der Waals surface area contributed by atoms with Crippen molar-refractivity contribution in [3.8, 4) is 5.75 Å². The molecule has 29 heavy (non-hydrogen) atoms. The first kappa shape index (κ1) is 18.6. The van der Waals surface area contributed by atoms with E-state index in [9.17, 15) is 9.18 Å². The second-order valence-corrected chi connectivity index (χ2v) is 6.50. The summed E-state index contributed by atoms with van der Waals surface area (Å²) in [5, 5.41) is 2.85. The first-order valence-corrected chi connectivity index (χ1v) is 9.11. The van der Waals surface area contributed by atoms with E-state index in [0.29, 0.717) is 17.9 Å². The van der Waals surface area contributed by atoms with Gasteiger partial charge in [-0.2, -0.15) is 0 Å². The Morgan fingerprint density at radius 1 is 1.10 bits per heavy atom. The standard InChI is InChI=1S/C22H19FN4O2/c1-29-18-10-4-15(5-11-18)14-27-20(26-19-3-2-12-24-21(19)27)13-25-22(28)16-6-8-17(23)9-7-16/h2-12H,13-14H2,1H3,(H,25,28). The molecule has 0 aliphatic carbocycles. The summed E-state index contributed by atoms with van der Waals surface area (Å²) in [6, 6.07) is 16.9. The van der Waals surface area contributed by atoms with E-state index in [0.717, 1.165) is 22.5 Å². The van der Waals surface area contributed by atoms with Gasteiger partial charge in [-0.25, -0.2) is 14.4 Å². The summed E-state index contributed by atoms with van der Waals surface area (Å²) in [4.78, 5) is 21.5. The second kappa shape index (κ2) is 8.10. The third kappa shape index (κ3) is 4.08. The van der Waals surface area contributed by atoms with Gasteiger partial charge in [0.05, 0.1) is 20.2 Å². The van der Waals surface area contributed by atoms with Crippen molar-refractivity contribution in [1.29, 1.82) is 0 Å². The fraction of sp³-hybridized carbons (Fsp3) is 0.136. The molecule has 0 atom stereocenters. The number of nitrogens with zero attached hydrogens (tertiary/aromatic N) is 3. The number of ether oxygens (including phenoxy) is 1. The molecule has 7 heteroatoms. The lowest BCUT2D eigenvalue weighted by atomic mass is 10.2. The minimum Gasteiger partial charge on any atom is -0.497 e. The summed E-state index contributed by atoms with van der Waals surface area (Å²) in [6.45, 7) is 0.780. The monoisotopic (exact) mass is 390 g/mol. The summed E-state index contributed by atoms with van der Waals surface area (Å²) in [5.74, 6) is 0.800. The van der Waals surface area contributed by atoms with Crippen LogP contribution in [0.1, 0.15) is 21.7 Å². The van der Waals surface area contributed by atoms with Crippen molar-refractivity contribution in [3.63, 3.8) is 0 Å². The summed E-state index contributed by atoms with van der Waals surface area (Å²) < 4.78 is 20.3. The molecular weight excluding hydrogens is 371 g/mol. The van der Waals surface area contributed by atoms with Crippen molar-refractivity contribution in [2.45, 2.75) is 13.1 Å². The molecule has 0 saturated carbocycles. The number of nitrogens with one attached hydrogen (secondary N) is 1. The van der Waals surface area contributed by atoms with Gasteiger partial charge in [-0.15, -0.1) is 0 Å². The molecule has 2 heterocycles. The van der Waals surface area contributed by atoms with E-state index in [2.05, 4.69) is 15.3 Å². The van der Waals surface area contributed by atoms with Crippen molar-refractivity contribution >= 4 is 17.1 Å². The van der Waals surface area contributed by atoms with Crippen LogP contribution in [0.5, 0.6) is 5.75 Å². The Balaban J connectivity index is 1.58.